The molecule has 1 amide bonds. The fourth-order valence-corrected chi connectivity index (χ4v) is 3.21. The Morgan fingerprint density at radius 1 is 1.11 bits per heavy atom. The Bertz CT molecular complexity index is 949. The van der Waals surface area contributed by atoms with Crippen LogP contribution in [0.1, 0.15) is 35.2 Å². The number of ether oxygens (including phenoxy) is 1. The molecule has 0 unspecified atom stereocenters. The van der Waals surface area contributed by atoms with Gasteiger partial charge in [0.1, 0.15) is 5.75 Å². The van der Waals surface area contributed by atoms with Crippen LogP contribution in [0.15, 0.2) is 54.7 Å². The molecule has 1 fully saturated rings. The number of rotatable bonds is 8. The van der Waals surface area contributed by atoms with E-state index in [1.807, 2.05) is 18.2 Å². The largest absolute Gasteiger partial charge is 0.438 e. The first-order valence-corrected chi connectivity index (χ1v) is 9.36. The Balaban J connectivity index is 1.52. The smallest absolute Gasteiger partial charge is 0.250 e. The third kappa shape index (κ3) is 4.26. The van der Waals surface area contributed by atoms with Gasteiger partial charge in [0.2, 0.25) is 11.8 Å². The minimum Gasteiger partial charge on any atom is -0.438 e. The molecule has 5 heteroatoms. The highest BCUT2D eigenvalue weighted by molar-refractivity contribution is 5.92. The maximum atomic E-state index is 11.2. The number of nitrogens with one attached hydrogen (secondary N) is 1. The van der Waals surface area contributed by atoms with E-state index in [-0.39, 0.29) is 0 Å². The maximum absolute atomic E-state index is 11.2. The molecule has 4 rings (SSSR count). The van der Waals surface area contributed by atoms with Gasteiger partial charge in [0.15, 0.2) is 0 Å². The predicted molar refractivity (Wildman–Crippen MR) is 106 cm³/mol. The number of fused-ring (bicyclic) bond motifs is 1. The number of carbonyl (C=O) groups is 1. The maximum Gasteiger partial charge on any atom is 0.250 e. The summed E-state index contributed by atoms with van der Waals surface area (Å²) in [4.78, 5) is 15.3. The van der Waals surface area contributed by atoms with Crippen molar-refractivity contribution in [2.75, 3.05) is 6.54 Å². The molecule has 3 aromatic rings. The van der Waals surface area contributed by atoms with E-state index in [4.69, 9.17) is 10.5 Å². The van der Waals surface area contributed by atoms with Gasteiger partial charge < -0.3 is 15.8 Å². The highest BCUT2D eigenvalue weighted by Gasteiger charge is 2.20. The van der Waals surface area contributed by atoms with E-state index in [1.54, 1.807) is 12.1 Å². The zero-order chi connectivity index (χ0) is 18.6. The van der Waals surface area contributed by atoms with Gasteiger partial charge >= 0.3 is 0 Å². The Labute approximate surface area is 158 Å². The predicted octanol–water partition coefficient (Wildman–Crippen LogP) is 4.02. The first-order chi connectivity index (χ1) is 13.2. The van der Waals surface area contributed by atoms with Crippen LogP contribution in [0.5, 0.6) is 11.6 Å². The van der Waals surface area contributed by atoms with E-state index in [2.05, 4.69) is 28.5 Å². The summed E-state index contributed by atoms with van der Waals surface area (Å²) in [7, 11) is 0. The lowest BCUT2D eigenvalue weighted by Crippen LogP contribution is -2.15. The molecule has 138 valence electrons. The highest BCUT2D eigenvalue weighted by Crippen LogP contribution is 2.33. The summed E-state index contributed by atoms with van der Waals surface area (Å²) in [6, 6.07) is 15.6. The van der Waals surface area contributed by atoms with Gasteiger partial charge in [-0.05, 0) is 42.0 Å². The quantitative estimate of drug-likeness (QED) is 0.594. The summed E-state index contributed by atoms with van der Waals surface area (Å²) < 4.78 is 5.96. The Morgan fingerprint density at radius 3 is 2.63 bits per heavy atom. The molecule has 0 saturated heterocycles. The molecule has 1 aliphatic rings. The lowest BCUT2D eigenvalue weighted by molar-refractivity contribution is 0.1000. The van der Waals surface area contributed by atoms with Gasteiger partial charge in [0.05, 0.1) is 5.56 Å². The zero-order valence-corrected chi connectivity index (χ0v) is 15.2. The Kier molecular flexibility index (Phi) is 5.03. The van der Waals surface area contributed by atoms with E-state index in [9.17, 15) is 4.79 Å². The topological polar surface area (TPSA) is 77.2 Å². The van der Waals surface area contributed by atoms with Gasteiger partial charge in [-0.15, -0.1) is 0 Å². The number of nitrogens with two attached hydrogens (primary N) is 1. The van der Waals surface area contributed by atoms with Gasteiger partial charge in [-0.2, -0.15) is 0 Å². The SMILES string of the molecule is NC(=O)c1ccc(Oc2ccc(CNCCC3CC3)c3ccccc23)nc1. The van der Waals surface area contributed by atoms with E-state index in [1.165, 1.54) is 36.4 Å². The fraction of sp³-hybridized carbons (Fsp3) is 0.273. The molecule has 0 radical (unpaired) electrons. The number of amides is 1. The molecule has 0 bridgehead atoms. The van der Waals surface area contributed by atoms with Gasteiger partial charge in [-0.3, -0.25) is 4.79 Å². The molecule has 0 atom stereocenters. The van der Waals surface area contributed by atoms with E-state index >= 15 is 0 Å². The third-order valence-corrected chi connectivity index (χ3v) is 4.95. The lowest BCUT2D eigenvalue weighted by atomic mass is 10.0. The zero-order valence-electron chi connectivity index (χ0n) is 15.2. The summed E-state index contributed by atoms with van der Waals surface area (Å²) in [5.41, 5.74) is 6.87. The highest BCUT2D eigenvalue weighted by atomic mass is 16.5. The minimum absolute atomic E-state index is 0.361. The number of carbonyl (C=O) groups excluding carboxylic acids is 1. The van der Waals surface area contributed by atoms with E-state index < -0.39 is 5.91 Å². The van der Waals surface area contributed by atoms with E-state index in [0.717, 1.165) is 30.1 Å². The van der Waals surface area contributed by atoms with Gasteiger partial charge in [0, 0.05) is 24.2 Å². The van der Waals surface area contributed by atoms with Crippen molar-refractivity contribution >= 4 is 16.7 Å². The van der Waals surface area contributed by atoms with Crippen LogP contribution >= 0.6 is 0 Å². The van der Waals surface area contributed by atoms with Crippen molar-refractivity contribution in [3.8, 4) is 11.6 Å². The summed E-state index contributed by atoms with van der Waals surface area (Å²) in [6.07, 6.45) is 5.49. The van der Waals surface area contributed by atoms with Gasteiger partial charge in [-0.1, -0.05) is 43.2 Å². The monoisotopic (exact) mass is 361 g/mol. The molecular weight excluding hydrogens is 338 g/mol. The molecule has 0 spiro atoms. The minimum atomic E-state index is -0.502. The number of aromatic nitrogens is 1. The molecule has 3 N–H and O–H groups in total. The summed E-state index contributed by atoms with van der Waals surface area (Å²) in [6.45, 7) is 1.91. The van der Waals surface area contributed by atoms with Crippen molar-refractivity contribution in [2.45, 2.75) is 25.8 Å². The third-order valence-electron chi connectivity index (χ3n) is 4.95. The molecule has 27 heavy (non-hydrogen) atoms. The average Bonchev–Trinajstić information content (AvgIpc) is 3.51. The first-order valence-electron chi connectivity index (χ1n) is 9.36. The molecular formula is C22H23N3O2. The second-order valence-corrected chi connectivity index (χ2v) is 7.03. The molecule has 1 saturated carbocycles. The normalized spacial score (nSPS) is 13.6. The standard InChI is InChI=1S/C22H23N3O2/c23-22(26)17-8-10-21(25-14-17)27-20-9-7-16(13-24-12-11-15-5-6-15)18-3-1-2-4-19(18)20/h1-4,7-10,14-15,24H,5-6,11-13H2,(H2,23,26). The summed E-state index contributed by atoms with van der Waals surface area (Å²) in [5.74, 6) is 1.61. The van der Waals surface area contributed by atoms with Crippen molar-refractivity contribution in [2.24, 2.45) is 11.7 Å². The van der Waals surface area contributed by atoms with Crippen LogP contribution in [0.3, 0.4) is 0 Å². The number of hydrogen-bond donors (Lipinski definition) is 2. The molecule has 2 aromatic carbocycles. The molecule has 1 heterocycles. The van der Waals surface area contributed by atoms with Crippen LogP contribution in [0.2, 0.25) is 0 Å². The molecule has 1 aliphatic carbocycles. The number of primary amides is 1. The lowest BCUT2D eigenvalue weighted by Gasteiger charge is -2.13. The van der Waals surface area contributed by atoms with E-state index in [0.29, 0.717) is 11.4 Å². The number of hydrogen-bond acceptors (Lipinski definition) is 4. The van der Waals surface area contributed by atoms with Crippen molar-refractivity contribution < 1.29 is 9.53 Å². The first kappa shape index (κ1) is 17.5. The van der Waals surface area contributed by atoms with Crippen molar-refractivity contribution in [1.29, 1.82) is 0 Å². The molecule has 0 aliphatic heterocycles. The van der Waals surface area contributed by atoms with Gasteiger partial charge in [-0.25, -0.2) is 4.98 Å². The van der Waals surface area contributed by atoms with Crippen LogP contribution in [0.4, 0.5) is 0 Å². The number of benzene rings is 2. The summed E-state index contributed by atoms with van der Waals surface area (Å²) >= 11 is 0. The van der Waals surface area contributed by atoms with Crippen LogP contribution in [0, 0.1) is 5.92 Å². The van der Waals surface area contributed by atoms with Crippen LogP contribution in [-0.2, 0) is 6.54 Å². The van der Waals surface area contributed by atoms with Crippen LogP contribution in [-0.4, -0.2) is 17.4 Å². The second kappa shape index (κ2) is 7.76. The van der Waals surface area contributed by atoms with Crippen LogP contribution < -0.4 is 15.8 Å². The molecule has 5 nitrogen and oxygen atoms in total. The van der Waals surface area contributed by atoms with Crippen molar-refractivity contribution in [3.05, 3.63) is 65.9 Å². The Morgan fingerprint density at radius 2 is 1.93 bits per heavy atom. The average molecular weight is 361 g/mol. The van der Waals surface area contributed by atoms with Crippen molar-refractivity contribution in [1.82, 2.24) is 10.3 Å². The summed E-state index contributed by atoms with van der Waals surface area (Å²) in [5, 5.41) is 5.76. The molecule has 1 aromatic heterocycles. The second-order valence-electron chi connectivity index (χ2n) is 7.03. The van der Waals surface area contributed by atoms with Gasteiger partial charge in [0.25, 0.3) is 0 Å². The number of pyridine rings is 1. The Hall–Kier alpha value is -2.92. The van der Waals surface area contributed by atoms with Crippen molar-refractivity contribution in [3.63, 3.8) is 0 Å². The number of nitrogens with zero attached hydrogens (tertiary/aromatic N) is 1. The van der Waals surface area contributed by atoms with Crippen LogP contribution in [0.25, 0.3) is 10.8 Å². The fourth-order valence-electron chi connectivity index (χ4n) is 3.21.